The van der Waals surface area contributed by atoms with Gasteiger partial charge in [-0.2, -0.15) is 0 Å². The van der Waals surface area contributed by atoms with Gasteiger partial charge in [0.1, 0.15) is 12.6 Å². The average Bonchev–Trinajstić information content (AvgIpc) is 2.89. The molecule has 0 aliphatic heterocycles. The van der Waals surface area contributed by atoms with Crippen molar-refractivity contribution in [3.63, 3.8) is 0 Å². The van der Waals surface area contributed by atoms with Crippen molar-refractivity contribution in [3.8, 4) is 0 Å². The maximum atomic E-state index is 14.0. The average molecular weight is 668 g/mol. The second-order valence-electron chi connectivity index (χ2n) is 8.86. The molecule has 0 saturated heterocycles. The fourth-order valence-electron chi connectivity index (χ4n) is 3.95. The summed E-state index contributed by atoms with van der Waals surface area (Å²) in [5.41, 5.74) is 1.90. The molecule has 0 unspecified atom stereocenters. The maximum absolute atomic E-state index is 14.0. The van der Waals surface area contributed by atoms with Crippen LogP contribution in [-0.2, 0) is 32.6 Å². The van der Waals surface area contributed by atoms with Gasteiger partial charge in [-0.1, -0.05) is 67.1 Å². The molecule has 0 aliphatic carbocycles. The first-order chi connectivity index (χ1) is 18.1. The van der Waals surface area contributed by atoms with Crippen LogP contribution in [0, 0.1) is 3.57 Å². The molecular weight excluding hydrogens is 637 g/mol. The Balaban J connectivity index is 2.04. The Morgan fingerprint density at radius 2 is 1.61 bits per heavy atom. The van der Waals surface area contributed by atoms with Gasteiger partial charge in [-0.15, -0.1) is 0 Å². The van der Waals surface area contributed by atoms with Crippen molar-refractivity contribution in [3.05, 3.63) is 98.6 Å². The molecule has 38 heavy (non-hydrogen) atoms. The quantitative estimate of drug-likeness (QED) is 0.279. The number of hydrogen-bond donors (Lipinski definition) is 1. The van der Waals surface area contributed by atoms with Gasteiger partial charge in [-0.05, 0) is 70.5 Å². The molecule has 7 nitrogen and oxygen atoms in total. The van der Waals surface area contributed by atoms with Crippen molar-refractivity contribution in [2.75, 3.05) is 23.7 Å². The van der Waals surface area contributed by atoms with E-state index in [0.29, 0.717) is 22.8 Å². The van der Waals surface area contributed by atoms with Gasteiger partial charge >= 0.3 is 0 Å². The number of amides is 2. The van der Waals surface area contributed by atoms with E-state index >= 15 is 0 Å². The van der Waals surface area contributed by atoms with Gasteiger partial charge in [0.25, 0.3) is 0 Å². The van der Waals surface area contributed by atoms with Crippen LogP contribution < -0.4 is 9.62 Å². The van der Waals surface area contributed by atoms with Crippen LogP contribution in [0.4, 0.5) is 5.69 Å². The van der Waals surface area contributed by atoms with E-state index in [9.17, 15) is 18.0 Å². The topological polar surface area (TPSA) is 86.8 Å². The second kappa shape index (κ2) is 14.0. The first kappa shape index (κ1) is 29.9. The number of nitrogens with one attached hydrogen (secondary N) is 1. The highest BCUT2D eigenvalue weighted by molar-refractivity contribution is 14.1. The molecule has 0 radical (unpaired) electrons. The van der Waals surface area contributed by atoms with Crippen molar-refractivity contribution >= 4 is 61.7 Å². The summed E-state index contributed by atoms with van der Waals surface area (Å²) in [6, 6.07) is 22.5. The highest BCUT2D eigenvalue weighted by Crippen LogP contribution is 2.23. The molecule has 2 amide bonds. The lowest BCUT2D eigenvalue weighted by molar-refractivity contribution is -0.140. The summed E-state index contributed by atoms with van der Waals surface area (Å²) >= 11 is 8.57. The summed E-state index contributed by atoms with van der Waals surface area (Å²) in [6.07, 6.45) is 2.05. The first-order valence-corrected chi connectivity index (χ1v) is 15.5. The molecule has 1 N–H and O–H groups in total. The van der Waals surface area contributed by atoms with Gasteiger partial charge in [0.05, 0.1) is 11.9 Å². The number of carbonyl (C=O) groups is 2. The number of anilines is 1. The third kappa shape index (κ3) is 8.44. The molecule has 3 aromatic carbocycles. The number of sulfonamides is 1. The fraction of sp³-hybridized carbons (Fsp3) is 0.286. The molecule has 1 atom stereocenters. The zero-order valence-electron chi connectivity index (χ0n) is 21.3. The van der Waals surface area contributed by atoms with Crippen LogP contribution >= 0.6 is 34.2 Å². The fourth-order valence-corrected chi connectivity index (χ4v) is 5.36. The number of benzene rings is 3. The van der Waals surface area contributed by atoms with Crippen LogP contribution in [-0.4, -0.2) is 50.5 Å². The smallest absolute Gasteiger partial charge is 0.244 e. The predicted octanol–water partition coefficient (Wildman–Crippen LogP) is 4.88. The normalized spacial score (nSPS) is 12.0. The van der Waals surface area contributed by atoms with Crippen molar-refractivity contribution in [2.45, 2.75) is 32.4 Å². The molecule has 0 spiro atoms. The van der Waals surface area contributed by atoms with Crippen LogP contribution in [0.25, 0.3) is 0 Å². The summed E-state index contributed by atoms with van der Waals surface area (Å²) < 4.78 is 27.5. The Kier molecular flexibility index (Phi) is 11.0. The second-order valence-corrected chi connectivity index (χ2v) is 12.4. The van der Waals surface area contributed by atoms with E-state index in [-0.39, 0.29) is 18.9 Å². The SMILES string of the molecule is CCCNC(=O)[C@@H](Cc1ccccc1)N(Cc1ccccc1Cl)C(=O)CN(c1ccc(I)cc1)S(C)(=O)=O. The molecule has 0 bridgehead atoms. The van der Waals surface area contributed by atoms with Gasteiger partial charge in [-0.25, -0.2) is 8.42 Å². The van der Waals surface area contributed by atoms with Crippen LogP contribution in [0.15, 0.2) is 78.9 Å². The van der Waals surface area contributed by atoms with E-state index < -0.39 is 28.5 Å². The zero-order valence-corrected chi connectivity index (χ0v) is 25.0. The minimum Gasteiger partial charge on any atom is -0.354 e. The lowest BCUT2D eigenvalue weighted by Crippen LogP contribution is -2.53. The lowest BCUT2D eigenvalue weighted by Gasteiger charge is -2.33. The molecule has 3 rings (SSSR count). The number of carbonyl (C=O) groups excluding carboxylic acids is 2. The molecule has 0 aromatic heterocycles. The van der Waals surface area contributed by atoms with Gasteiger partial charge in [-0.3, -0.25) is 13.9 Å². The van der Waals surface area contributed by atoms with Gasteiger partial charge in [0.15, 0.2) is 0 Å². The molecular formula is C28H31ClIN3O4S. The molecule has 0 saturated carbocycles. The third-order valence-electron chi connectivity index (χ3n) is 5.91. The summed E-state index contributed by atoms with van der Waals surface area (Å²) in [5, 5.41) is 3.37. The number of nitrogens with zero attached hydrogens (tertiary/aromatic N) is 2. The Bertz CT molecular complexity index is 1340. The minimum absolute atomic E-state index is 0.0415. The van der Waals surface area contributed by atoms with Gasteiger partial charge < -0.3 is 10.2 Å². The molecule has 0 fully saturated rings. The van der Waals surface area contributed by atoms with Crippen LogP contribution in [0.5, 0.6) is 0 Å². The number of hydrogen-bond acceptors (Lipinski definition) is 4. The Labute approximate surface area is 243 Å². The van der Waals surface area contributed by atoms with E-state index in [1.807, 2.05) is 43.3 Å². The zero-order chi connectivity index (χ0) is 27.7. The molecule has 10 heteroatoms. The van der Waals surface area contributed by atoms with Crippen LogP contribution in [0.1, 0.15) is 24.5 Å². The van der Waals surface area contributed by atoms with Gasteiger partial charge in [0, 0.05) is 28.1 Å². The van der Waals surface area contributed by atoms with E-state index in [1.165, 1.54) is 4.90 Å². The van der Waals surface area contributed by atoms with Crippen molar-refractivity contribution in [1.82, 2.24) is 10.2 Å². The summed E-state index contributed by atoms with van der Waals surface area (Å²) in [5.74, 6) is -0.822. The Morgan fingerprint density at radius 1 is 0.974 bits per heavy atom. The number of halogens is 2. The molecule has 3 aromatic rings. The largest absolute Gasteiger partial charge is 0.354 e. The maximum Gasteiger partial charge on any atom is 0.244 e. The summed E-state index contributed by atoms with van der Waals surface area (Å²) in [7, 11) is -3.80. The Morgan fingerprint density at radius 3 is 2.21 bits per heavy atom. The van der Waals surface area contributed by atoms with E-state index in [2.05, 4.69) is 27.9 Å². The highest BCUT2D eigenvalue weighted by atomic mass is 127. The van der Waals surface area contributed by atoms with Crippen LogP contribution in [0.3, 0.4) is 0 Å². The summed E-state index contributed by atoms with van der Waals surface area (Å²) in [6.45, 7) is 1.98. The monoisotopic (exact) mass is 667 g/mol. The molecule has 0 heterocycles. The first-order valence-electron chi connectivity index (χ1n) is 12.2. The standard InChI is InChI=1S/C28H31ClIN3O4S/c1-3-17-31-28(35)26(18-21-9-5-4-6-10-21)32(19-22-11-7-8-12-25(22)29)27(34)20-33(38(2,36)37)24-15-13-23(30)14-16-24/h4-16,26H,3,17-20H2,1-2H3,(H,31,35)/t26-/m1/s1. The van der Waals surface area contributed by atoms with E-state index in [0.717, 1.165) is 26.1 Å². The lowest BCUT2D eigenvalue weighted by atomic mass is 10.0. The van der Waals surface area contributed by atoms with Crippen molar-refractivity contribution in [1.29, 1.82) is 0 Å². The summed E-state index contributed by atoms with van der Waals surface area (Å²) in [4.78, 5) is 28.8. The molecule has 0 aliphatic rings. The van der Waals surface area contributed by atoms with Gasteiger partial charge in [0.2, 0.25) is 21.8 Å². The van der Waals surface area contributed by atoms with E-state index in [1.54, 1.807) is 42.5 Å². The van der Waals surface area contributed by atoms with Crippen molar-refractivity contribution < 1.29 is 18.0 Å². The number of rotatable bonds is 12. The third-order valence-corrected chi connectivity index (χ3v) is 8.14. The molecule has 202 valence electrons. The van der Waals surface area contributed by atoms with Crippen molar-refractivity contribution in [2.24, 2.45) is 0 Å². The highest BCUT2D eigenvalue weighted by Gasteiger charge is 2.33. The predicted molar refractivity (Wildman–Crippen MR) is 161 cm³/mol. The Hall–Kier alpha value is -2.63. The van der Waals surface area contributed by atoms with E-state index in [4.69, 9.17) is 11.6 Å². The van der Waals surface area contributed by atoms with Crippen LogP contribution in [0.2, 0.25) is 5.02 Å². The minimum atomic E-state index is -3.80.